The number of amides is 1. The van der Waals surface area contributed by atoms with E-state index in [1.807, 2.05) is 30.3 Å². The highest BCUT2D eigenvalue weighted by molar-refractivity contribution is 6.31. The number of halogens is 1. The minimum absolute atomic E-state index is 0.0830. The SMILES string of the molecule is COc1ccc(Cl)cc1C(=O)NC(CCCO)c1ccccc1. The average Bonchev–Trinajstić information content (AvgIpc) is 2.59. The molecule has 1 amide bonds. The molecule has 23 heavy (non-hydrogen) atoms. The van der Waals surface area contributed by atoms with Crippen molar-refractivity contribution in [2.75, 3.05) is 13.7 Å². The number of methoxy groups -OCH3 is 1. The molecule has 1 unspecified atom stereocenters. The average molecular weight is 334 g/mol. The molecule has 0 aliphatic carbocycles. The fourth-order valence-corrected chi connectivity index (χ4v) is 2.57. The van der Waals surface area contributed by atoms with Crippen molar-refractivity contribution in [1.29, 1.82) is 0 Å². The summed E-state index contributed by atoms with van der Waals surface area (Å²) >= 11 is 5.99. The molecule has 2 aromatic carbocycles. The topological polar surface area (TPSA) is 58.6 Å². The molecule has 0 aliphatic heterocycles. The minimum Gasteiger partial charge on any atom is -0.496 e. The standard InChI is InChI=1S/C18H20ClNO3/c1-23-17-10-9-14(19)12-15(17)18(22)20-16(8-5-11-21)13-6-3-2-4-7-13/h2-4,6-7,9-10,12,16,21H,5,8,11H2,1H3,(H,20,22). The van der Waals surface area contributed by atoms with Crippen LogP contribution < -0.4 is 10.1 Å². The van der Waals surface area contributed by atoms with Crippen LogP contribution in [0.1, 0.15) is 34.8 Å². The second-order valence-corrected chi connectivity index (χ2v) is 5.58. The lowest BCUT2D eigenvalue weighted by atomic mass is 10.0. The fourth-order valence-electron chi connectivity index (χ4n) is 2.40. The van der Waals surface area contributed by atoms with Gasteiger partial charge in [-0.15, -0.1) is 0 Å². The summed E-state index contributed by atoms with van der Waals surface area (Å²) in [7, 11) is 1.51. The van der Waals surface area contributed by atoms with E-state index in [1.54, 1.807) is 18.2 Å². The molecule has 0 saturated heterocycles. The van der Waals surface area contributed by atoms with Gasteiger partial charge in [0.25, 0.3) is 5.91 Å². The predicted molar refractivity (Wildman–Crippen MR) is 91.0 cm³/mol. The maximum Gasteiger partial charge on any atom is 0.255 e. The zero-order valence-electron chi connectivity index (χ0n) is 13.0. The Labute approximate surface area is 141 Å². The summed E-state index contributed by atoms with van der Waals surface area (Å²) in [6.07, 6.45) is 1.25. The fraction of sp³-hybridized carbons (Fsp3) is 0.278. The lowest BCUT2D eigenvalue weighted by molar-refractivity contribution is 0.0929. The molecule has 0 aromatic heterocycles. The second kappa shape index (κ2) is 8.56. The zero-order chi connectivity index (χ0) is 16.7. The number of carbonyl (C=O) groups excluding carboxylic acids is 1. The van der Waals surface area contributed by atoms with E-state index in [4.69, 9.17) is 21.4 Å². The number of aliphatic hydroxyl groups excluding tert-OH is 1. The Bertz CT molecular complexity index is 646. The van der Waals surface area contributed by atoms with Crippen LogP contribution in [0.2, 0.25) is 5.02 Å². The van der Waals surface area contributed by atoms with Gasteiger partial charge in [0.2, 0.25) is 0 Å². The van der Waals surface area contributed by atoms with E-state index < -0.39 is 0 Å². The van der Waals surface area contributed by atoms with Crippen LogP contribution in [-0.4, -0.2) is 24.7 Å². The highest BCUT2D eigenvalue weighted by Gasteiger charge is 2.18. The highest BCUT2D eigenvalue weighted by Crippen LogP contribution is 2.25. The first kappa shape index (κ1) is 17.3. The number of hydrogen-bond donors (Lipinski definition) is 2. The van der Waals surface area contributed by atoms with Crippen LogP contribution in [0.4, 0.5) is 0 Å². The van der Waals surface area contributed by atoms with Gasteiger partial charge in [0.1, 0.15) is 5.75 Å². The van der Waals surface area contributed by atoms with E-state index in [0.717, 1.165) is 5.56 Å². The number of benzene rings is 2. The van der Waals surface area contributed by atoms with Gasteiger partial charge >= 0.3 is 0 Å². The number of nitrogens with one attached hydrogen (secondary N) is 1. The molecule has 4 nitrogen and oxygen atoms in total. The summed E-state index contributed by atoms with van der Waals surface area (Å²) in [6.45, 7) is 0.0830. The molecule has 0 spiro atoms. The summed E-state index contributed by atoms with van der Waals surface area (Å²) < 4.78 is 5.23. The van der Waals surface area contributed by atoms with Gasteiger partial charge in [-0.05, 0) is 36.6 Å². The van der Waals surface area contributed by atoms with E-state index >= 15 is 0 Å². The molecule has 5 heteroatoms. The smallest absolute Gasteiger partial charge is 0.255 e. The second-order valence-electron chi connectivity index (χ2n) is 5.15. The number of carbonyl (C=O) groups is 1. The van der Waals surface area contributed by atoms with Crippen molar-refractivity contribution < 1.29 is 14.6 Å². The first-order chi connectivity index (χ1) is 11.2. The van der Waals surface area contributed by atoms with Gasteiger partial charge in [0.05, 0.1) is 18.7 Å². The van der Waals surface area contributed by atoms with Crippen LogP contribution in [0.3, 0.4) is 0 Å². The first-order valence-corrected chi connectivity index (χ1v) is 7.83. The van der Waals surface area contributed by atoms with E-state index in [9.17, 15) is 4.79 Å². The van der Waals surface area contributed by atoms with Crippen molar-refractivity contribution in [2.45, 2.75) is 18.9 Å². The maximum atomic E-state index is 12.6. The summed E-state index contributed by atoms with van der Waals surface area (Å²) in [6, 6.07) is 14.4. The van der Waals surface area contributed by atoms with Crippen LogP contribution in [-0.2, 0) is 0 Å². The monoisotopic (exact) mass is 333 g/mol. The molecule has 2 rings (SSSR count). The van der Waals surface area contributed by atoms with E-state index in [1.165, 1.54) is 7.11 Å². The normalized spacial score (nSPS) is 11.8. The molecular weight excluding hydrogens is 314 g/mol. The lowest BCUT2D eigenvalue weighted by Crippen LogP contribution is -2.29. The van der Waals surface area contributed by atoms with Crippen molar-refractivity contribution in [3.8, 4) is 5.75 Å². The maximum absolute atomic E-state index is 12.6. The van der Waals surface area contributed by atoms with E-state index in [-0.39, 0.29) is 18.6 Å². The van der Waals surface area contributed by atoms with Gasteiger partial charge in [0.15, 0.2) is 0 Å². The molecule has 0 fully saturated rings. The van der Waals surface area contributed by atoms with Crippen molar-refractivity contribution in [3.05, 3.63) is 64.7 Å². The third-order valence-corrected chi connectivity index (χ3v) is 3.80. The van der Waals surface area contributed by atoms with Crippen LogP contribution in [0.15, 0.2) is 48.5 Å². The Hall–Kier alpha value is -2.04. The summed E-state index contributed by atoms with van der Waals surface area (Å²) in [5.41, 5.74) is 1.39. The van der Waals surface area contributed by atoms with Crippen LogP contribution in [0.5, 0.6) is 5.75 Å². The van der Waals surface area contributed by atoms with E-state index in [2.05, 4.69) is 5.32 Å². The van der Waals surface area contributed by atoms with Crippen LogP contribution >= 0.6 is 11.6 Å². The summed E-state index contributed by atoms with van der Waals surface area (Å²) in [5, 5.41) is 12.6. The molecular formula is C18H20ClNO3. The summed E-state index contributed by atoms with van der Waals surface area (Å²) in [4.78, 5) is 12.6. The Morgan fingerprint density at radius 3 is 2.65 bits per heavy atom. The predicted octanol–water partition coefficient (Wildman–Crippen LogP) is 3.59. The van der Waals surface area contributed by atoms with Crippen molar-refractivity contribution >= 4 is 17.5 Å². The molecule has 0 heterocycles. The molecule has 122 valence electrons. The molecule has 0 radical (unpaired) electrons. The van der Waals surface area contributed by atoms with Crippen LogP contribution in [0, 0.1) is 0 Å². The third kappa shape index (κ3) is 4.71. The van der Waals surface area contributed by atoms with Gasteiger partial charge in [-0.3, -0.25) is 4.79 Å². The first-order valence-electron chi connectivity index (χ1n) is 7.46. The Morgan fingerprint density at radius 2 is 2.00 bits per heavy atom. The molecule has 0 saturated carbocycles. The molecule has 2 N–H and O–H groups in total. The molecule has 0 aliphatic rings. The Morgan fingerprint density at radius 1 is 1.26 bits per heavy atom. The Kier molecular flexibility index (Phi) is 6.44. The number of aliphatic hydroxyl groups is 1. The number of ether oxygens (including phenoxy) is 1. The third-order valence-electron chi connectivity index (χ3n) is 3.56. The van der Waals surface area contributed by atoms with Gasteiger partial charge < -0.3 is 15.2 Å². The van der Waals surface area contributed by atoms with Crippen LogP contribution in [0.25, 0.3) is 0 Å². The number of hydrogen-bond acceptors (Lipinski definition) is 3. The van der Waals surface area contributed by atoms with Gasteiger partial charge in [-0.2, -0.15) is 0 Å². The highest BCUT2D eigenvalue weighted by atomic mass is 35.5. The van der Waals surface area contributed by atoms with Gasteiger partial charge in [-0.25, -0.2) is 0 Å². The largest absolute Gasteiger partial charge is 0.496 e. The minimum atomic E-state index is -0.254. The molecule has 0 bridgehead atoms. The molecule has 2 aromatic rings. The Balaban J connectivity index is 2.22. The van der Waals surface area contributed by atoms with E-state index in [0.29, 0.717) is 29.2 Å². The van der Waals surface area contributed by atoms with Gasteiger partial charge in [0, 0.05) is 11.6 Å². The summed E-state index contributed by atoms with van der Waals surface area (Å²) in [5.74, 6) is 0.219. The van der Waals surface area contributed by atoms with Gasteiger partial charge in [-0.1, -0.05) is 41.9 Å². The number of rotatable bonds is 7. The van der Waals surface area contributed by atoms with Crippen molar-refractivity contribution in [1.82, 2.24) is 5.32 Å². The lowest BCUT2D eigenvalue weighted by Gasteiger charge is -2.20. The quantitative estimate of drug-likeness (QED) is 0.814. The van der Waals surface area contributed by atoms with Crippen molar-refractivity contribution in [3.63, 3.8) is 0 Å². The molecule has 1 atom stereocenters. The zero-order valence-corrected chi connectivity index (χ0v) is 13.7. The van der Waals surface area contributed by atoms with Crippen molar-refractivity contribution in [2.24, 2.45) is 0 Å².